The Hall–Kier alpha value is -9.58. The molecule has 20 heteroatoms. The summed E-state index contributed by atoms with van der Waals surface area (Å²) in [6, 6.07) is 45.8. The standard InChI is InChI=1S/C66H44Cl4N6O10/c1-81-63(77)35-19-11-31(12-20-35)47-43-27-28-44(71-43)48(32-13-21-36(22-14-32)64(78)82-2)56-54-58(52-41(69)9-6-10-42(52)70)76-86-62(54)60(74-56)50(34-17-25-38(26-18-34)66(80)84-4)46-30-29-45(72-46)49(33-15-23-37(24-16-33)65(79)83-3)59-61-53(55(47)73-59)57(75-85-61)51-39(67)7-5-8-40(51)68/h5-30,53-54,61-62,71-72H,1-4H3/t53-,54+,61+,62-. The minimum Gasteiger partial charge on any atom is -0.465 e. The number of methoxy groups -OCH3 is 4. The molecule has 0 aliphatic carbocycles. The number of halogens is 4. The fourth-order valence-corrected chi connectivity index (χ4v) is 12.8. The number of ether oxygens (including phenoxy) is 4. The van der Waals surface area contributed by atoms with Crippen LogP contribution in [-0.2, 0) is 28.6 Å². The Morgan fingerprint density at radius 1 is 0.360 bits per heavy atom. The predicted octanol–water partition coefficient (Wildman–Crippen LogP) is 15.3. The molecule has 4 aliphatic heterocycles. The number of nitrogens with zero attached hydrogens (tertiary/aromatic N) is 4. The van der Waals surface area contributed by atoms with Crippen LogP contribution in [0, 0.1) is 0 Å². The molecule has 4 atom stereocenters. The molecule has 0 unspecified atom stereocenters. The number of rotatable bonds is 10. The van der Waals surface area contributed by atoms with Crippen molar-refractivity contribution in [2.45, 2.75) is 24.0 Å². The maximum atomic E-state index is 13.1. The number of oxime groups is 2. The van der Waals surface area contributed by atoms with Gasteiger partial charge in [0.05, 0.1) is 105 Å². The molecule has 8 bridgehead atoms. The van der Waals surface area contributed by atoms with Crippen LogP contribution in [0.3, 0.4) is 0 Å². The highest BCUT2D eigenvalue weighted by molar-refractivity contribution is 6.41. The summed E-state index contributed by atoms with van der Waals surface area (Å²) in [5.41, 5.74) is 11.6. The fourth-order valence-electron chi connectivity index (χ4n) is 11.6. The van der Waals surface area contributed by atoms with Crippen LogP contribution in [-0.4, -0.2) is 83.7 Å². The van der Waals surface area contributed by atoms with Crippen LogP contribution in [0.1, 0.15) is 99.4 Å². The maximum Gasteiger partial charge on any atom is 0.337 e. The van der Waals surface area contributed by atoms with Crippen molar-refractivity contribution in [1.29, 1.82) is 0 Å². The minimum absolute atomic E-state index is 0.302. The van der Waals surface area contributed by atoms with E-state index in [0.29, 0.717) is 154 Å². The monoisotopic (exact) mass is 1220 g/mol. The number of aromatic amines is 2. The van der Waals surface area contributed by atoms with Crippen LogP contribution in [0.4, 0.5) is 0 Å². The highest BCUT2D eigenvalue weighted by Crippen LogP contribution is 2.55. The summed E-state index contributed by atoms with van der Waals surface area (Å²) in [4.78, 5) is 84.3. The van der Waals surface area contributed by atoms with Gasteiger partial charge in [-0.2, -0.15) is 0 Å². The summed E-state index contributed by atoms with van der Waals surface area (Å²) in [7, 11) is 5.26. The van der Waals surface area contributed by atoms with Crippen molar-refractivity contribution in [2.24, 2.45) is 10.3 Å². The van der Waals surface area contributed by atoms with Crippen molar-refractivity contribution in [2.75, 3.05) is 28.4 Å². The number of H-pyrrole nitrogens is 2. The fraction of sp³-hybridized carbons (Fsp3) is 0.121. The van der Waals surface area contributed by atoms with Crippen molar-refractivity contribution in [3.05, 3.63) is 234 Å². The van der Waals surface area contributed by atoms with Gasteiger partial charge in [0.2, 0.25) is 0 Å². The van der Waals surface area contributed by atoms with E-state index in [0.717, 1.165) is 0 Å². The highest BCUT2D eigenvalue weighted by Gasteiger charge is 2.49. The number of fused-ring (bicyclic) bond motifs is 14. The molecule has 0 fully saturated rings. The first-order valence-electron chi connectivity index (χ1n) is 26.7. The normalized spacial score (nSPS) is 16.4. The van der Waals surface area contributed by atoms with Gasteiger partial charge in [0.15, 0.2) is 12.2 Å². The second kappa shape index (κ2) is 22.4. The second-order valence-electron chi connectivity index (χ2n) is 20.3. The molecule has 6 aromatic carbocycles. The van der Waals surface area contributed by atoms with E-state index in [9.17, 15) is 19.2 Å². The van der Waals surface area contributed by atoms with Gasteiger partial charge in [0.25, 0.3) is 0 Å². The summed E-state index contributed by atoms with van der Waals surface area (Å²) >= 11 is 28.4. The zero-order valence-corrected chi connectivity index (χ0v) is 48.7. The molecule has 0 amide bonds. The van der Waals surface area contributed by atoms with E-state index in [1.807, 2.05) is 48.5 Å². The third-order valence-electron chi connectivity index (χ3n) is 15.6. The van der Waals surface area contributed by atoms with Crippen LogP contribution in [0.5, 0.6) is 0 Å². The number of carbonyl (C=O) groups excluding carboxylic acids is 4. The van der Waals surface area contributed by atoms with Gasteiger partial charge < -0.3 is 38.6 Å². The molecule has 0 saturated carbocycles. The van der Waals surface area contributed by atoms with E-state index >= 15 is 0 Å². The minimum atomic E-state index is -0.940. The summed E-state index contributed by atoms with van der Waals surface area (Å²) in [5.74, 6) is -3.76. The molecule has 3 aromatic heterocycles. The van der Waals surface area contributed by atoms with E-state index in [2.05, 4.69) is 9.97 Å². The van der Waals surface area contributed by atoms with Crippen molar-refractivity contribution in [3.63, 3.8) is 0 Å². The Morgan fingerprint density at radius 2 is 0.616 bits per heavy atom. The molecular formula is C66H44Cl4N6O10. The van der Waals surface area contributed by atoms with E-state index in [1.165, 1.54) is 28.4 Å². The third kappa shape index (κ3) is 9.41. The quantitative estimate of drug-likeness (QED) is 0.0969. The molecule has 86 heavy (non-hydrogen) atoms. The van der Waals surface area contributed by atoms with Crippen molar-refractivity contribution in [3.8, 4) is 44.5 Å². The van der Waals surface area contributed by atoms with Crippen LogP contribution >= 0.6 is 46.4 Å². The average Bonchev–Trinajstić information content (AvgIpc) is 1.86. The number of esters is 4. The lowest BCUT2D eigenvalue weighted by Crippen LogP contribution is -2.14. The Bertz CT molecular complexity index is 4240. The van der Waals surface area contributed by atoms with E-state index in [4.69, 9.17) is 95.3 Å². The van der Waals surface area contributed by atoms with E-state index in [-0.39, 0.29) is 0 Å². The van der Waals surface area contributed by atoms with Crippen molar-refractivity contribution < 1.29 is 47.8 Å². The zero-order valence-electron chi connectivity index (χ0n) is 45.7. The third-order valence-corrected chi connectivity index (χ3v) is 16.9. The summed E-state index contributed by atoms with van der Waals surface area (Å²) in [6.45, 7) is 0. The average molecular weight is 1220 g/mol. The Morgan fingerprint density at radius 3 is 0.872 bits per heavy atom. The molecule has 0 radical (unpaired) electrons. The Labute approximate surface area is 509 Å². The second-order valence-corrected chi connectivity index (χ2v) is 21.9. The van der Waals surface area contributed by atoms with Gasteiger partial charge in [-0.3, -0.25) is 9.97 Å². The molecule has 2 N–H and O–H groups in total. The van der Waals surface area contributed by atoms with Gasteiger partial charge >= 0.3 is 23.9 Å². The predicted molar refractivity (Wildman–Crippen MR) is 327 cm³/mol. The lowest BCUT2D eigenvalue weighted by atomic mass is 9.85. The van der Waals surface area contributed by atoms with Crippen molar-refractivity contribution in [1.82, 2.24) is 19.9 Å². The molecule has 4 aliphatic rings. The molecule has 13 rings (SSSR count). The maximum absolute atomic E-state index is 13.1. The van der Waals surface area contributed by atoms with Gasteiger partial charge in [0, 0.05) is 55.4 Å². The first-order chi connectivity index (χ1) is 41.8. The lowest BCUT2D eigenvalue weighted by molar-refractivity contribution is 0.0592. The number of hydrogen-bond donors (Lipinski definition) is 2. The first kappa shape index (κ1) is 55.6. The number of nitrogens with one attached hydrogen (secondary N) is 2. The smallest absolute Gasteiger partial charge is 0.337 e. The lowest BCUT2D eigenvalue weighted by Gasteiger charge is -2.17. The van der Waals surface area contributed by atoms with E-state index in [1.54, 1.807) is 109 Å². The van der Waals surface area contributed by atoms with Crippen LogP contribution < -0.4 is 0 Å². The zero-order chi connectivity index (χ0) is 59.7. The molecule has 16 nitrogen and oxygen atoms in total. The summed E-state index contributed by atoms with van der Waals surface area (Å²) in [6.07, 6.45) is -1.88. The van der Waals surface area contributed by atoms with Gasteiger partial charge in [-0.15, -0.1) is 0 Å². The van der Waals surface area contributed by atoms with Crippen LogP contribution in [0.15, 0.2) is 168 Å². The SMILES string of the molecule is COC(=O)c1ccc(-c2c3nc(c(-c4ccc(C(=O)OC)cc4)c4ccc([nH]4)c(-c4ccc(C(=O)OC)cc4)c4nc(c(-c5ccc(C(=O)OC)cc5)c5ccc2[nH]5)[C@@H]2ON=C(c5c(Cl)cccc5Cl)[C@H]42)[C@@H]2C(c4c(Cl)cccc4Cl)=NO[C@H]32)cc1. The first-order valence-corrected chi connectivity index (χ1v) is 28.2. The number of benzene rings is 6. The summed E-state index contributed by atoms with van der Waals surface area (Å²) < 4.78 is 20.5. The Balaban J connectivity index is 1.23. The molecule has 7 heterocycles. The highest BCUT2D eigenvalue weighted by atomic mass is 35.5. The molecular weight excluding hydrogens is 1180 g/mol. The molecule has 0 spiro atoms. The van der Waals surface area contributed by atoms with E-state index < -0.39 is 47.9 Å². The van der Waals surface area contributed by atoms with Gasteiger partial charge in [-0.25, -0.2) is 19.2 Å². The van der Waals surface area contributed by atoms with Crippen molar-refractivity contribution >= 4 is 104 Å². The van der Waals surface area contributed by atoms with Crippen LogP contribution in [0.25, 0.3) is 66.6 Å². The largest absolute Gasteiger partial charge is 0.465 e. The summed E-state index contributed by atoms with van der Waals surface area (Å²) in [5, 5.41) is 10.9. The van der Waals surface area contributed by atoms with Crippen LogP contribution in [0.2, 0.25) is 20.1 Å². The number of carbonyl (C=O) groups is 4. The van der Waals surface area contributed by atoms with Gasteiger partial charge in [0.1, 0.15) is 11.4 Å². The van der Waals surface area contributed by atoms with Gasteiger partial charge in [-0.05, 0) is 119 Å². The number of aromatic nitrogens is 4. The molecule has 426 valence electrons. The molecule has 9 aromatic rings. The number of hydrogen-bond acceptors (Lipinski definition) is 14. The molecule has 0 saturated heterocycles. The topological polar surface area (TPSA) is 206 Å². The van der Waals surface area contributed by atoms with Gasteiger partial charge in [-0.1, -0.05) is 117 Å². The Kier molecular flexibility index (Phi) is 14.5.